The average Bonchev–Trinajstić information content (AvgIpc) is 3.37. The van der Waals surface area contributed by atoms with Crippen LogP contribution in [0.15, 0.2) is 47.7 Å². The van der Waals surface area contributed by atoms with Crippen LogP contribution in [0.1, 0.15) is 5.56 Å². The van der Waals surface area contributed by atoms with Gasteiger partial charge in [0.1, 0.15) is 12.7 Å². The summed E-state index contributed by atoms with van der Waals surface area (Å²) < 4.78 is 1.61. The summed E-state index contributed by atoms with van der Waals surface area (Å²) in [5.74, 6) is -0.0603. The lowest BCUT2D eigenvalue weighted by Crippen LogP contribution is -2.48. The highest BCUT2D eigenvalue weighted by Gasteiger charge is 2.20. The predicted molar refractivity (Wildman–Crippen MR) is 111 cm³/mol. The largest absolute Gasteiger partial charge is 0.323 e. The zero-order chi connectivity index (χ0) is 19.3. The molecule has 1 N–H and O–H groups in total. The van der Waals surface area contributed by atoms with Gasteiger partial charge < -0.3 is 5.32 Å². The third-order valence-corrected chi connectivity index (χ3v) is 5.68. The maximum absolute atomic E-state index is 12.6. The third-order valence-electron chi connectivity index (χ3n) is 4.72. The first-order chi connectivity index (χ1) is 13.7. The molecule has 3 aromatic rings. The van der Waals surface area contributed by atoms with Crippen molar-refractivity contribution in [1.82, 2.24) is 24.6 Å². The smallest absolute Gasteiger partial charge is 0.238 e. The van der Waals surface area contributed by atoms with E-state index in [2.05, 4.69) is 42.0 Å². The van der Waals surface area contributed by atoms with E-state index in [0.29, 0.717) is 17.3 Å². The normalized spacial score (nSPS) is 15.6. The lowest BCUT2D eigenvalue weighted by Gasteiger charge is -2.34. The molecule has 1 fully saturated rings. The molecule has 1 amide bonds. The van der Waals surface area contributed by atoms with Crippen LogP contribution < -0.4 is 5.32 Å². The summed E-state index contributed by atoms with van der Waals surface area (Å²) in [6.07, 6.45) is 3.04. The monoisotopic (exact) mass is 416 g/mol. The molecule has 28 heavy (non-hydrogen) atoms. The molecule has 0 radical (unpaired) electrons. The van der Waals surface area contributed by atoms with E-state index in [1.807, 2.05) is 6.07 Å². The maximum Gasteiger partial charge on any atom is 0.238 e. The van der Waals surface area contributed by atoms with Gasteiger partial charge in [-0.25, -0.2) is 9.67 Å². The molecule has 7 nitrogen and oxygen atoms in total. The number of rotatable bonds is 6. The predicted octanol–water partition coefficient (Wildman–Crippen LogP) is 2.74. The molecule has 0 atom stereocenters. The van der Waals surface area contributed by atoms with Crippen molar-refractivity contribution >= 4 is 34.5 Å². The van der Waals surface area contributed by atoms with Crippen LogP contribution in [0.2, 0.25) is 5.02 Å². The molecule has 0 saturated carbocycles. The summed E-state index contributed by atoms with van der Waals surface area (Å²) in [4.78, 5) is 21.2. The van der Waals surface area contributed by atoms with Gasteiger partial charge in [-0.3, -0.25) is 14.6 Å². The summed E-state index contributed by atoms with van der Waals surface area (Å²) in [5, 5.41) is 12.0. The van der Waals surface area contributed by atoms with Gasteiger partial charge in [-0.05, 0) is 40.6 Å². The van der Waals surface area contributed by atoms with Crippen LogP contribution in [0.5, 0.6) is 0 Å². The molecule has 3 heterocycles. The van der Waals surface area contributed by atoms with Crippen LogP contribution in [0.3, 0.4) is 0 Å². The van der Waals surface area contributed by atoms with Crippen molar-refractivity contribution in [3.05, 3.63) is 58.3 Å². The molecule has 1 aliphatic heterocycles. The lowest BCUT2D eigenvalue weighted by molar-refractivity contribution is -0.117. The Hall–Kier alpha value is -2.26. The summed E-state index contributed by atoms with van der Waals surface area (Å²) in [7, 11) is 0. The van der Waals surface area contributed by atoms with Gasteiger partial charge in [0.05, 0.1) is 17.9 Å². The minimum atomic E-state index is -0.0603. The summed E-state index contributed by atoms with van der Waals surface area (Å²) in [6, 6.07) is 7.48. The Morgan fingerprint density at radius 1 is 1.18 bits per heavy atom. The van der Waals surface area contributed by atoms with Gasteiger partial charge in [-0.1, -0.05) is 11.6 Å². The molecule has 146 valence electrons. The van der Waals surface area contributed by atoms with Crippen molar-refractivity contribution < 1.29 is 4.79 Å². The number of carbonyl (C=O) groups excluding carboxylic acids is 1. The van der Waals surface area contributed by atoms with E-state index in [9.17, 15) is 4.79 Å². The number of halogens is 1. The van der Waals surface area contributed by atoms with Crippen LogP contribution in [0, 0.1) is 0 Å². The van der Waals surface area contributed by atoms with E-state index >= 15 is 0 Å². The zero-order valence-electron chi connectivity index (χ0n) is 15.3. The fraction of sp³-hybridized carbons (Fsp3) is 0.316. The van der Waals surface area contributed by atoms with Crippen molar-refractivity contribution in [2.24, 2.45) is 0 Å². The minimum Gasteiger partial charge on any atom is -0.323 e. The van der Waals surface area contributed by atoms with Crippen LogP contribution in [0.4, 0.5) is 5.69 Å². The van der Waals surface area contributed by atoms with Gasteiger partial charge in [0.15, 0.2) is 0 Å². The first kappa shape index (κ1) is 19.1. The van der Waals surface area contributed by atoms with Gasteiger partial charge in [0.2, 0.25) is 5.91 Å². The second-order valence-electron chi connectivity index (χ2n) is 6.73. The molecule has 2 aromatic heterocycles. The fourth-order valence-electron chi connectivity index (χ4n) is 3.28. The number of amides is 1. The first-order valence-corrected chi connectivity index (χ1v) is 10.4. The fourth-order valence-corrected chi connectivity index (χ4v) is 4.11. The Kier molecular flexibility index (Phi) is 6.01. The number of nitrogens with zero attached hydrogens (tertiary/aromatic N) is 5. The average molecular weight is 417 g/mol. The highest BCUT2D eigenvalue weighted by atomic mass is 35.5. The molecule has 1 saturated heterocycles. The van der Waals surface area contributed by atoms with E-state index in [-0.39, 0.29) is 5.91 Å². The number of benzene rings is 1. The second kappa shape index (κ2) is 8.83. The van der Waals surface area contributed by atoms with Gasteiger partial charge >= 0.3 is 0 Å². The van der Waals surface area contributed by atoms with Gasteiger partial charge in [0.25, 0.3) is 0 Å². The molecule has 1 aliphatic rings. The number of hydrogen-bond donors (Lipinski definition) is 1. The molecule has 4 rings (SSSR count). The van der Waals surface area contributed by atoms with Crippen molar-refractivity contribution in [3.63, 3.8) is 0 Å². The number of aromatic nitrogens is 3. The van der Waals surface area contributed by atoms with E-state index in [1.54, 1.807) is 34.5 Å². The number of nitrogens with one attached hydrogen (secondary N) is 1. The summed E-state index contributed by atoms with van der Waals surface area (Å²) >= 11 is 7.85. The number of anilines is 1. The first-order valence-electron chi connectivity index (χ1n) is 9.07. The second-order valence-corrected chi connectivity index (χ2v) is 7.95. The number of piperazine rings is 1. The Morgan fingerprint density at radius 2 is 2.00 bits per heavy atom. The van der Waals surface area contributed by atoms with E-state index in [1.165, 1.54) is 11.9 Å². The molecular formula is C19H21ClN6OS. The minimum absolute atomic E-state index is 0.0603. The van der Waals surface area contributed by atoms with Crippen LogP contribution in [-0.4, -0.2) is 63.2 Å². The van der Waals surface area contributed by atoms with Gasteiger partial charge in [-0.15, -0.1) is 0 Å². The standard InChI is InChI=1S/C19H21ClN6OS/c20-16-1-2-18(26-14-21-13-22-26)17(9-16)23-19(27)11-25-6-4-24(5-7-25)10-15-3-8-28-12-15/h1-3,8-9,12-14H,4-7,10-11H2,(H,23,27). The summed E-state index contributed by atoms with van der Waals surface area (Å²) in [6.45, 7) is 5.02. The van der Waals surface area contributed by atoms with Crippen LogP contribution in [0.25, 0.3) is 5.69 Å². The Balaban J connectivity index is 1.32. The Labute approximate surface area is 172 Å². The van der Waals surface area contributed by atoms with E-state index < -0.39 is 0 Å². The maximum atomic E-state index is 12.6. The molecule has 9 heteroatoms. The van der Waals surface area contributed by atoms with E-state index in [0.717, 1.165) is 38.4 Å². The van der Waals surface area contributed by atoms with Crippen LogP contribution in [-0.2, 0) is 11.3 Å². The number of hydrogen-bond acceptors (Lipinski definition) is 6. The highest BCUT2D eigenvalue weighted by molar-refractivity contribution is 7.07. The molecule has 0 spiro atoms. The van der Waals surface area contributed by atoms with Gasteiger partial charge in [-0.2, -0.15) is 16.4 Å². The molecule has 0 bridgehead atoms. The van der Waals surface area contributed by atoms with Crippen molar-refractivity contribution in [2.45, 2.75) is 6.54 Å². The molecular weight excluding hydrogens is 396 g/mol. The van der Waals surface area contributed by atoms with Crippen molar-refractivity contribution in [1.29, 1.82) is 0 Å². The SMILES string of the molecule is O=C(CN1CCN(Cc2ccsc2)CC1)Nc1cc(Cl)ccc1-n1cncn1. The molecule has 0 aliphatic carbocycles. The number of thiophene rings is 1. The topological polar surface area (TPSA) is 66.3 Å². The highest BCUT2D eigenvalue weighted by Crippen LogP contribution is 2.24. The van der Waals surface area contributed by atoms with E-state index in [4.69, 9.17) is 11.6 Å². The lowest BCUT2D eigenvalue weighted by atomic mass is 10.2. The van der Waals surface area contributed by atoms with Crippen LogP contribution >= 0.6 is 22.9 Å². The Morgan fingerprint density at radius 3 is 2.71 bits per heavy atom. The quantitative estimate of drug-likeness (QED) is 0.669. The van der Waals surface area contributed by atoms with Gasteiger partial charge in [0, 0.05) is 37.7 Å². The Bertz CT molecular complexity index is 907. The van der Waals surface area contributed by atoms with Crippen molar-refractivity contribution in [3.8, 4) is 5.69 Å². The zero-order valence-corrected chi connectivity index (χ0v) is 16.9. The molecule has 0 unspecified atom stereocenters. The summed E-state index contributed by atoms with van der Waals surface area (Å²) in [5.41, 5.74) is 2.72. The molecule has 1 aromatic carbocycles. The van der Waals surface area contributed by atoms with Crippen molar-refractivity contribution in [2.75, 3.05) is 38.0 Å². The number of carbonyl (C=O) groups is 1. The third kappa shape index (κ3) is 4.77.